The van der Waals surface area contributed by atoms with E-state index in [0.29, 0.717) is 53.3 Å². The Hall–Kier alpha value is -4.07. The summed E-state index contributed by atoms with van der Waals surface area (Å²) in [6.45, 7) is 3.52. The SMILES string of the molecule is CC#Cc1ccc(C(=O)NC2CCC(C(=O)OC)CC2)c2c1cnn2C(C)c1ccc(OC(F)(F)F)nc1. The highest BCUT2D eigenvalue weighted by molar-refractivity contribution is 6.07. The van der Waals surface area contributed by atoms with Gasteiger partial charge in [0.1, 0.15) is 0 Å². The second kappa shape index (κ2) is 11.1. The van der Waals surface area contributed by atoms with Crippen LogP contribution in [0.3, 0.4) is 0 Å². The lowest BCUT2D eigenvalue weighted by Crippen LogP contribution is -2.39. The first-order valence-electron chi connectivity index (χ1n) is 12.1. The summed E-state index contributed by atoms with van der Waals surface area (Å²) in [5.74, 6) is 4.65. The normalized spacial score (nSPS) is 18.3. The molecule has 1 amide bonds. The number of methoxy groups -OCH3 is 1. The molecular weight excluding hydrogens is 501 g/mol. The minimum absolute atomic E-state index is 0.0901. The summed E-state index contributed by atoms with van der Waals surface area (Å²) in [5, 5.41) is 8.26. The number of nitrogens with zero attached hydrogens (tertiary/aromatic N) is 3. The molecule has 2 aromatic heterocycles. The summed E-state index contributed by atoms with van der Waals surface area (Å²) in [6.07, 6.45) is 0.647. The monoisotopic (exact) mass is 528 g/mol. The molecule has 1 fully saturated rings. The zero-order valence-corrected chi connectivity index (χ0v) is 21.1. The maximum atomic E-state index is 13.4. The van der Waals surface area contributed by atoms with E-state index in [-0.39, 0.29) is 23.8 Å². The first kappa shape index (κ1) is 27.0. The van der Waals surface area contributed by atoms with E-state index >= 15 is 0 Å². The predicted octanol–water partition coefficient (Wildman–Crippen LogP) is 4.77. The smallest absolute Gasteiger partial charge is 0.469 e. The number of esters is 1. The van der Waals surface area contributed by atoms with Crippen LogP contribution in [-0.4, -0.2) is 46.2 Å². The van der Waals surface area contributed by atoms with Gasteiger partial charge in [0.25, 0.3) is 5.91 Å². The number of amides is 1. The van der Waals surface area contributed by atoms with Crippen molar-refractivity contribution in [2.45, 2.75) is 58.0 Å². The fourth-order valence-corrected chi connectivity index (χ4v) is 4.75. The van der Waals surface area contributed by atoms with Gasteiger partial charge in [-0.2, -0.15) is 5.10 Å². The topological polar surface area (TPSA) is 95.3 Å². The van der Waals surface area contributed by atoms with E-state index in [1.807, 2.05) is 6.92 Å². The van der Waals surface area contributed by atoms with Crippen LogP contribution in [0.4, 0.5) is 13.2 Å². The molecule has 3 aromatic rings. The molecule has 0 spiro atoms. The van der Waals surface area contributed by atoms with Gasteiger partial charge < -0.3 is 14.8 Å². The van der Waals surface area contributed by atoms with Gasteiger partial charge in [0.05, 0.1) is 36.3 Å². The number of aromatic nitrogens is 3. The molecule has 38 heavy (non-hydrogen) atoms. The predicted molar refractivity (Wildman–Crippen MR) is 132 cm³/mol. The van der Waals surface area contributed by atoms with E-state index < -0.39 is 18.3 Å². The van der Waals surface area contributed by atoms with Crippen LogP contribution in [0, 0.1) is 17.8 Å². The van der Waals surface area contributed by atoms with Crippen molar-refractivity contribution in [1.29, 1.82) is 0 Å². The Labute approximate surface area is 217 Å². The lowest BCUT2D eigenvalue weighted by atomic mass is 9.86. The number of fused-ring (bicyclic) bond motifs is 1. The van der Waals surface area contributed by atoms with Crippen molar-refractivity contribution in [2.75, 3.05) is 7.11 Å². The molecule has 2 heterocycles. The molecule has 4 rings (SSSR count). The summed E-state index contributed by atoms with van der Waals surface area (Å²) in [5.41, 5.74) is 2.22. The zero-order valence-electron chi connectivity index (χ0n) is 21.1. The van der Waals surface area contributed by atoms with Crippen LogP contribution in [0.15, 0.2) is 36.7 Å². The van der Waals surface area contributed by atoms with Crippen LogP contribution in [0.1, 0.15) is 67.1 Å². The van der Waals surface area contributed by atoms with E-state index in [1.165, 1.54) is 19.4 Å². The van der Waals surface area contributed by atoms with Gasteiger partial charge in [-0.15, -0.1) is 19.1 Å². The molecule has 1 unspecified atom stereocenters. The maximum Gasteiger partial charge on any atom is 0.574 e. The van der Waals surface area contributed by atoms with E-state index in [0.717, 1.165) is 6.07 Å². The summed E-state index contributed by atoms with van der Waals surface area (Å²) in [6, 6.07) is 5.52. The number of pyridine rings is 1. The number of alkyl halides is 3. The quantitative estimate of drug-likeness (QED) is 0.366. The Bertz CT molecular complexity index is 1380. The molecular formula is C27H27F3N4O4. The third kappa shape index (κ3) is 5.90. The average Bonchev–Trinajstić information content (AvgIpc) is 3.34. The fraction of sp³-hybridized carbons (Fsp3) is 0.407. The number of hydrogen-bond donors (Lipinski definition) is 1. The standard InChI is InChI=1S/C27H27F3N4O4/c1-4-5-17-8-12-21(25(35)33-20-10-6-18(7-11-20)26(36)37-3)24-22(17)15-32-34(24)16(2)19-9-13-23(31-14-19)38-27(28,29)30/h8-9,12-16,18,20H,6-7,10-11H2,1-3H3,(H,33,35). The van der Waals surface area contributed by atoms with Crippen LogP contribution in [-0.2, 0) is 9.53 Å². The van der Waals surface area contributed by atoms with Gasteiger partial charge >= 0.3 is 12.3 Å². The van der Waals surface area contributed by atoms with Gasteiger partial charge in [-0.1, -0.05) is 5.92 Å². The Kier molecular flexibility index (Phi) is 7.90. The van der Waals surface area contributed by atoms with Gasteiger partial charge in [0, 0.05) is 29.3 Å². The summed E-state index contributed by atoms with van der Waals surface area (Å²) < 4.78 is 47.9. The van der Waals surface area contributed by atoms with Gasteiger partial charge in [-0.05, 0) is 63.3 Å². The molecule has 0 saturated heterocycles. The molecule has 1 N–H and O–H groups in total. The molecule has 0 bridgehead atoms. The second-order valence-electron chi connectivity index (χ2n) is 9.09. The zero-order chi connectivity index (χ0) is 27.4. The number of hydrogen-bond acceptors (Lipinski definition) is 6. The van der Waals surface area contributed by atoms with Crippen LogP contribution in [0.2, 0.25) is 0 Å². The number of rotatable bonds is 6. The Balaban J connectivity index is 1.63. The summed E-state index contributed by atoms with van der Waals surface area (Å²) in [7, 11) is 1.37. The Morgan fingerprint density at radius 1 is 1.13 bits per heavy atom. The number of nitrogens with one attached hydrogen (secondary N) is 1. The van der Waals surface area contributed by atoms with Crippen LogP contribution >= 0.6 is 0 Å². The van der Waals surface area contributed by atoms with E-state index in [1.54, 1.807) is 29.9 Å². The first-order valence-corrected chi connectivity index (χ1v) is 12.1. The third-order valence-electron chi connectivity index (χ3n) is 6.69. The summed E-state index contributed by atoms with van der Waals surface area (Å²) >= 11 is 0. The molecule has 1 aliphatic carbocycles. The molecule has 8 nitrogen and oxygen atoms in total. The van der Waals surface area contributed by atoms with Gasteiger partial charge in [0.2, 0.25) is 5.88 Å². The van der Waals surface area contributed by atoms with Gasteiger partial charge in [-0.25, -0.2) is 4.98 Å². The molecule has 1 aliphatic rings. The molecule has 1 atom stereocenters. The van der Waals surface area contributed by atoms with Crippen molar-refractivity contribution in [3.63, 3.8) is 0 Å². The Morgan fingerprint density at radius 3 is 2.47 bits per heavy atom. The van der Waals surface area contributed by atoms with E-state index in [4.69, 9.17) is 4.74 Å². The number of benzene rings is 1. The van der Waals surface area contributed by atoms with Crippen molar-refractivity contribution < 1.29 is 32.2 Å². The summed E-state index contributed by atoms with van der Waals surface area (Å²) in [4.78, 5) is 29.0. The first-order chi connectivity index (χ1) is 18.1. The highest BCUT2D eigenvalue weighted by Crippen LogP contribution is 2.30. The van der Waals surface area contributed by atoms with E-state index in [9.17, 15) is 22.8 Å². The van der Waals surface area contributed by atoms with Crippen LogP contribution in [0.25, 0.3) is 10.9 Å². The molecule has 1 saturated carbocycles. The van der Waals surface area contributed by atoms with Crippen molar-refractivity contribution in [3.05, 3.63) is 53.3 Å². The lowest BCUT2D eigenvalue weighted by molar-refractivity contribution is -0.276. The minimum Gasteiger partial charge on any atom is -0.469 e. The minimum atomic E-state index is -4.84. The largest absolute Gasteiger partial charge is 0.574 e. The van der Waals surface area contributed by atoms with E-state index in [2.05, 4.69) is 32.0 Å². The third-order valence-corrected chi connectivity index (χ3v) is 6.69. The number of carbonyl (C=O) groups excluding carboxylic acids is 2. The van der Waals surface area contributed by atoms with Crippen molar-refractivity contribution in [3.8, 4) is 17.7 Å². The fourth-order valence-electron chi connectivity index (χ4n) is 4.75. The Morgan fingerprint density at radius 2 is 1.87 bits per heavy atom. The number of halogens is 3. The van der Waals surface area contributed by atoms with Crippen molar-refractivity contribution in [1.82, 2.24) is 20.1 Å². The van der Waals surface area contributed by atoms with Crippen LogP contribution in [0.5, 0.6) is 5.88 Å². The van der Waals surface area contributed by atoms with Gasteiger partial charge in [0.15, 0.2) is 0 Å². The number of ether oxygens (including phenoxy) is 2. The molecule has 0 aliphatic heterocycles. The average molecular weight is 529 g/mol. The molecule has 11 heteroatoms. The molecule has 200 valence electrons. The number of carbonyl (C=O) groups is 2. The van der Waals surface area contributed by atoms with Crippen molar-refractivity contribution >= 4 is 22.8 Å². The molecule has 0 radical (unpaired) electrons. The lowest BCUT2D eigenvalue weighted by Gasteiger charge is -2.27. The second-order valence-corrected chi connectivity index (χ2v) is 9.09. The maximum absolute atomic E-state index is 13.4. The van der Waals surface area contributed by atoms with Crippen LogP contribution < -0.4 is 10.1 Å². The van der Waals surface area contributed by atoms with Crippen molar-refractivity contribution in [2.24, 2.45) is 5.92 Å². The van der Waals surface area contributed by atoms with Gasteiger partial charge in [-0.3, -0.25) is 14.3 Å². The highest BCUT2D eigenvalue weighted by Gasteiger charge is 2.32. The highest BCUT2D eigenvalue weighted by atomic mass is 19.4. The molecule has 1 aromatic carbocycles.